The van der Waals surface area contributed by atoms with E-state index in [1.165, 1.54) is 18.2 Å². The van der Waals surface area contributed by atoms with Crippen LogP contribution in [0.5, 0.6) is 0 Å². The summed E-state index contributed by atoms with van der Waals surface area (Å²) in [5.74, 6) is 0. The van der Waals surface area contributed by atoms with Crippen LogP contribution in [0.4, 0.5) is 26.3 Å². The summed E-state index contributed by atoms with van der Waals surface area (Å²) in [4.78, 5) is 0. The molecule has 0 saturated carbocycles. The van der Waals surface area contributed by atoms with Crippen LogP contribution in [0.15, 0.2) is 24.3 Å². The van der Waals surface area contributed by atoms with Crippen molar-refractivity contribution in [3.8, 4) is 0 Å². The van der Waals surface area contributed by atoms with Crippen LogP contribution in [0.3, 0.4) is 0 Å². The molecule has 0 aromatic rings. The van der Waals surface area contributed by atoms with E-state index in [1.54, 1.807) is 0 Å². The van der Waals surface area contributed by atoms with Gasteiger partial charge in [0.15, 0.2) is 5.41 Å². The van der Waals surface area contributed by atoms with Crippen LogP contribution in [-0.4, -0.2) is 23.4 Å². The van der Waals surface area contributed by atoms with Gasteiger partial charge in [0.25, 0.3) is 0 Å². The molecule has 0 aliphatic heterocycles. The van der Waals surface area contributed by atoms with Gasteiger partial charge in [-0.3, -0.25) is 0 Å². The number of rotatable bonds is 10. The molecule has 0 bridgehead atoms. The second kappa shape index (κ2) is 9.26. The molecular weight excluding hydrogens is 349 g/mol. The molecule has 0 aromatic carbocycles. The molecule has 0 heterocycles. The Labute approximate surface area is 141 Å². The quantitative estimate of drug-likeness (QED) is 0.210. The van der Waals surface area contributed by atoms with Crippen LogP contribution in [-0.2, 0) is 0 Å². The largest absolute Gasteiger partial charge is 0.457 e. The number of halogens is 6. The molecule has 0 saturated heterocycles. The lowest BCUT2D eigenvalue weighted by atomic mass is 10.1. The summed E-state index contributed by atoms with van der Waals surface area (Å²) < 4.78 is 81.0. The summed E-state index contributed by atoms with van der Waals surface area (Å²) >= 11 is 0. The molecule has 0 amide bonds. The van der Waals surface area contributed by atoms with Crippen LogP contribution in [0.25, 0.3) is 0 Å². The average molecular weight is 374 g/mol. The van der Waals surface area contributed by atoms with Crippen LogP contribution in [0.2, 0.25) is 0 Å². The number of allylic oxidation sites excluding steroid dienone is 4. The molecule has 7 heteroatoms. The summed E-state index contributed by atoms with van der Waals surface area (Å²) in [6.07, 6.45) is 4.00. The Bertz CT molecular complexity index is 429. The Morgan fingerprint density at radius 2 is 1.50 bits per heavy atom. The zero-order valence-corrected chi connectivity index (χ0v) is 14.8. The Morgan fingerprint density at radius 3 is 2.00 bits per heavy atom. The predicted octanol–water partition coefficient (Wildman–Crippen LogP) is 7.56. The van der Waals surface area contributed by atoms with Gasteiger partial charge in [0, 0.05) is 14.3 Å². The maximum absolute atomic E-state index is 14.8. The zero-order valence-electron chi connectivity index (χ0n) is 13.9. The second-order valence-electron chi connectivity index (χ2n) is 6.12. The van der Waals surface area contributed by atoms with Crippen molar-refractivity contribution in [3.05, 3.63) is 24.3 Å². The van der Waals surface area contributed by atoms with E-state index in [4.69, 9.17) is 0 Å². The molecule has 0 nitrogen and oxygen atoms in total. The fraction of sp³-hybridized carbons (Fsp3) is 0.765. The van der Waals surface area contributed by atoms with Gasteiger partial charge in [-0.15, -0.1) is 0 Å². The first-order valence-electron chi connectivity index (χ1n) is 8.40. The zero-order chi connectivity index (χ0) is 18.3. The fourth-order valence-corrected chi connectivity index (χ4v) is 5.28. The van der Waals surface area contributed by atoms with Gasteiger partial charge in [-0.2, -0.15) is 22.0 Å². The van der Waals surface area contributed by atoms with E-state index in [0.717, 1.165) is 38.2 Å². The van der Waals surface area contributed by atoms with Gasteiger partial charge in [-0.05, 0) is 18.7 Å². The van der Waals surface area contributed by atoms with Gasteiger partial charge in [-0.25, -0.2) is 4.39 Å². The molecule has 0 radical (unpaired) electrons. The molecule has 0 spiro atoms. The molecule has 2 atom stereocenters. The van der Waals surface area contributed by atoms with E-state index in [0.29, 0.717) is 6.42 Å². The van der Waals surface area contributed by atoms with E-state index in [-0.39, 0.29) is 6.42 Å². The topological polar surface area (TPSA) is 0 Å². The van der Waals surface area contributed by atoms with Crippen LogP contribution in [0.1, 0.15) is 58.3 Å². The first kappa shape index (κ1) is 21.5. The summed E-state index contributed by atoms with van der Waals surface area (Å²) in [6.45, 7) is 2.07. The van der Waals surface area contributed by atoms with E-state index in [2.05, 4.69) is 6.92 Å². The minimum Gasteiger partial charge on any atom is -0.234 e. The Kier molecular flexibility index (Phi) is 8.31. The van der Waals surface area contributed by atoms with Gasteiger partial charge in [-0.1, -0.05) is 63.7 Å². The van der Waals surface area contributed by atoms with Crippen molar-refractivity contribution in [2.45, 2.75) is 75.5 Å². The van der Waals surface area contributed by atoms with Crippen LogP contribution >= 0.6 is 7.92 Å². The number of hydrogen-bond donors (Lipinski definition) is 0. The maximum atomic E-state index is 14.8. The molecule has 140 valence electrons. The van der Waals surface area contributed by atoms with Crippen LogP contribution in [0, 0.1) is 0 Å². The lowest BCUT2D eigenvalue weighted by molar-refractivity contribution is -0.241. The summed E-state index contributed by atoms with van der Waals surface area (Å²) in [5.41, 5.74) is -4.98. The molecule has 2 unspecified atom stereocenters. The average Bonchev–Trinajstić information content (AvgIpc) is 2.49. The minimum absolute atomic E-state index is 0.201. The van der Waals surface area contributed by atoms with E-state index >= 15 is 0 Å². The third kappa shape index (κ3) is 5.79. The second-order valence-corrected chi connectivity index (χ2v) is 8.73. The highest BCUT2D eigenvalue weighted by atomic mass is 31.1. The lowest BCUT2D eigenvalue weighted by Crippen LogP contribution is -2.41. The molecular formula is C17H25F6P. The van der Waals surface area contributed by atoms with Crippen molar-refractivity contribution >= 4 is 7.92 Å². The molecule has 1 aliphatic rings. The van der Waals surface area contributed by atoms with Gasteiger partial charge >= 0.3 is 11.8 Å². The Balaban J connectivity index is 2.70. The minimum atomic E-state index is -5.71. The van der Waals surface area contributed by atoms with Gasteiger partial charge in [0.1, 0.15) is 0 Å². The van der Waals surface area contributed by atoms with E-state index in [9.17, 15) is 26.3 Å². The molecule has 0 fully saturated rings. The molecule has 24 heavy (non-hydrogen) atoms. The fourth-order valence-electron chi connectivity index (χ4n) is 2.72. The van der Waals surface area contributed by atoms with Gasteiger partial charge in [0.05, 0.1) is 0 Å². The highest BCUT2D eigenvalue weighted by Gasteiger charge is 2.66. The normalized spacial score (nSPS) is 22.8. The monoisotopic (exact) mass is 374 g/mol. The van der Waals surface area contributed by atoms with E-state index < -0.39 is 37.8 Å². The van der Waals surface area contributed by atoms with E-state index in [1.807, 2.05) is 0 Å². The van der Waals surface area contributed by atoms with Crippen molar-refractivity contribution < 1.29 is 26.3 Å². The van der Waals surface area contributed by atoms with Crippen molar-refractivity contribution in [2.24, 2.45) is 0 Å². The number of alkyl halides is 6. The molecule has 0 aromatic heterocycles. The van der Waals surface area contributed by atoms with Crippen molar-refractivity contribution in [1.82, 2.24) is 0 Å². The molecule has 1 aliphatic carbocycles. The standard InChI is InChI=1S/C17H25F6P/c1-2-3-4-5-6-7-11-14-24(17(22,23)16(19,20)21)15(18)12-9-8-10-13-15/h8-10,12H,2-7,11,13-14H2,1H3. The number of hydrogen-bond acceptors (Lipinski definition) is 0. The summed E-state index contributed by atoms with van der Waals surface area (Å²) in [7, 11) is -3.18. The molecule has 1 rings (SSSR count). The van der Waals surface area contributed by atoms with Crippen LogP contribution < -0.4 is 0 Å². The Morgan fingerprint density at radius 1 is 0.917 bits per heavy atom. The smallest absolute Gasteiger partial charge is 0.234 e. The number of unbranched alkanes of at least 4 members (excludes halogenated alkanes) is 6. The predicted molar refractivity (Wildman–Crippen MR) is 87.5 cm³/mol. The Hall–Kier alpha value is -0.510. The maximum Gasteiger partial charge on any atom is 0.457 e. The first-order chi connectivity index (χ1) is 11.1. The third-order valence-corrected chi connectivity index (χ3v) is 7.04. The SMILES string of the molecule is CCCCCCCCCP(C1(F)C=CC=CC1)C(F)(F)C(F)(F)F. The van der Waals surface area contributed by atoms with Crippen molar-refractivity contribution in [1.29, 1.82) is 0 Å². The van der Waals surface area contributed by atoms with Crippen molar-refractivity contribution in [2.75, 3.05) is 6.16 Å². The summed E-state index contributed by atoms with van der Waals surface area (Å²) in [6, 6.07) is 0. The van der Waals surface area contributed by atoms with Gasteiger partial charge < -0.3 is 0 Å². The molecule has 0 N–H and O–H groups in total. The first-order valence-corrected chi connectivity index (χ1v) is 9.93. The third-order valence-electron chi connectivity index (χ3n) is 4.12. The lowest BCUT2D eigenvalue weighted by Gasteiger charge is -2.38. The summed E-state index contributed by atoms with van der Waals surface area (Å²) in [5, 5.41) is -2.59. The highest BCUT2D eigenvalue weighted by Crippen LogP contribution is 2.69. The van der Waals surface area contributed by atoms with Gasteiger partial charge in [0.2, 0.25) is 0 Å². The van der Waals surface area contributed by atoms with Crippen molar-refractivity contribution in [3.63, 3.8) is 0 Å². The highest BCUT2D eigenvalue weighted by molar-refractivity contribution is 7.60.